The van der Waals surface area contributed by atoms with E-state index >= 15 is 0 Å². The molecule has 0 aliphatic rings. The van der Waals surface area contributed by atoms with Crippen molar-refractivity contribution in [3.05, 3.63) is 0 Å². The summed E-state index contributed by atoms with van der Waals surface area (Å²) in [5, 5.41) is 8.83. The number of aliphatic hydroxyl groups is 1. The lowest BCUT2D eigenvalue weighted by molar-refractivity contribution is -0.118. The van der Waals surface area contributed by atoms with Crippen LogP contribution in [0.1, 0.15) is 30.1 Å². The van der Waals surface area contributed by atoms with Gasteiger partial charge in [0.2, 0.25) is 5.91 Å². The quantitative estimate of drug-likeness (QED) is 0.538. The summed E-state index contributed by atoms with van der Waals surface area (Å²) >= 11 is 0. The van der Waals surface area contributed by atoms with E-state index in [1.165, 1.54) is 0 Å². The summed E-state index contributed by atoms with van der Waals surface area (Å²) < 4.78 is 55.8. The predicted molar refractivity (Wildman–Crippen MR) is 30.1 cm³/mol. The molecule has 0 spiro atoms. The number of hydrogen-bond donors (Lipinski definition) is 2. The van der Waals surface area contributed by atoms with Crippen LogP contribution in [-0.4, -0.2) is 17.6 Å². The molecule has 0 unspecified atom stereocenters. The fraction of sp³-hybridized carbons (Fsp3) is 0.800. The highest BCUT2D eigenvalue weighted by molar-refractivity contribution is 5.73. The Bertz CT molecular complexity index is 295. The molecule has 0 aliphatic heterocycles. The molecule has 0 saturated heterocycles. The lowest BCUT2D eigenvalue weighted by Gasteiger charge is -1.90. The van der Waals surface area contributed by atoms with Gasteiger partial charge in [0.1, 0.15) is 0 Å². The Morgan fingerprint density at radius 2 is 2.38 bits per heavy atom. The summed E-state index contributed by atoms with van der Waals surface area (Å²) in [5.74, 6) is -1.79. The van der Waals surface area contributed by atoms with Crippen molar-refractivity contribution in [1.29, 1.82) is 0 Å². The molecule has 0 radical (unpaired) electrons. The molecule has 0 fully saturated rings. The second kappa shape index (κ2) is 4.59. The third-order valence-electron chi connectivity index (χ3n) is 0.304. The van der Waals surface area contributed by atoms with E-state index in [1.807, 2.05) is 0 Å². The number of hydrogen-bond acceptors (Lipinski definition) is 2. The molecule has 0 aromatic carbocycles. The lowest BCUT2D eigenvalue weighted by Crippen LogP contribution is -2.09. The molecule has 48 valence electrons. The first-order valence-corrected chi connectivity index (χ1v) is 1.72. The first-order valence-electron chi connectivity index (χ1n) is 5.72. The highest BCUT2D eigenvalue weighted by atomic mass is 16.2. The molecule has 0 atom stereocenters. The van der Waals surface area contributed by atoms with Crippen LogP contribution >= 0.6 is 0 Å². The molecular weight excluding hydrogens is 106 g/mol. The van der Waals surface area contributed by atoms with Crippen molar-refractivity contribution in [2.24, 2.45) is 5.73 Å². The van der Waals surface area contributed by atoms with Gasteiger partial charge in [-0.1, -0.05) is 0 Å². The SMILES string of the molecule is [2H]C([2H])(O)C([2H])([2H])C([2H])([2H])C([2H])([2H])C(N)=O. The number of amides is 1. The fourth-order valence-corrected chi connectivity index (χ4v) is 0.121. The first-order chi connectivity index (χ1) is 6.69. The van der Waals surface area contributed by atoms with Crippen molar-refractivity contribution in [3.8, 4) is 0 Å². The van der Waals surface area contributed by atoms with Gasteiger partial charge in [0.25, 0.3) is 0 Å². The standard InChI is InChI=1S/C5H11NO2/c6-5(8)3-1-2-4-7/h7H,1-4H2,(H2,6,8)/i1D2,2D2,3D2,4D2. The zero-order valence-electron chi connectivity index (χ0n) is 11.9. The molecule has 0 aromatic rings. The van der Waals surface area contributed by atoms with Crippen molar-refractivity contribution >= 4 is 5.91 Å². The number of carbonyl (C=O) groups excluding carboxylic acids is 1. The summed E-state index contributed by atoms with van der Waals surface area (Å²) in [4.78, 5) is 10.7. The van der Waals surface area contributed by atoms with Crippen molar-refractivity contribution in [1.82, 2.24) is 0 Å². The Kier molecular flexibility index (Phi) is 0.846. The molecule has 0 aliphatic carbocycles. The summed E-state index contributed by atoms with van der Waals surface area (Å²) in [7, 11) is 0. The van der Waals surface area contributed by atoms with Crippen LogP contribution in [0.3, 0.4) is 0 Å². The highest BCUT2D eigenvalue weighted by Gasteiger charge is 1.90. The fourth-order valence-electron chi connectivity index (χ4n) is 0.121. The maximum absolute atomic E-state index is 10.7. The Hall–Kier alpha value is -0.570. The number of rotatable bonds is 4. The average Bonchev–Trinajstić information content (AvgIpc) is 2.00. The van der Waals surface area contributed by atoms with E-state index in [-0.39, 0.29) is 0 Å². The van der Waals surface area contributed by atoms with Gasteiger partial charge >= 0.3 is 0 Å². The molecule has 0 bridgehead atoms. The zero-order valence-corrected chi connectivity index (χ0v) is 3.93. The van der Waals surface area contributed by atoms with Gasteiger partial charge in [0, 0.05) is 21.2 Å². The maximum Gasteiger partial charge on any atom is 0.217 e. The second-order valence-electron chi connectivity index (χ2n) is 0.851. The van der Waals surface area contributed by atoms with Crippen LogP contribution in [0.15, 0.2) is 0 Å². The first kappa shape index (κ1) is 1.48. The Labute approximate surface area is 59.7 Å². The van der Waals surface area contributed by atoms with Crippen molar-refractivity contribution in [2.75, 3.05) is 6.56 Å². The van der Waals surface area contributed by atoms with Crippen LogP contribution in [0.5, 0.6) is 0 Å². The minimum Gasteiger partial charge on any atom is -0.396 e. The van der Waals surface area contributed by atoms with Crippen LogP contribution in [0.4, 0.5) is 0 Å². The van der Waals surface area contributed by atoms with Gasteiger partial charge in [-0.2, -0.15) is 0 Å². The molecule has 1 amide bonds. The zero-order chi connectivity index (χ0) is 13.6. The molecule has 8 heavy (non-hydrogen) atoms. The number of primary amides is 1. The monoisotopic (exact) mass is 125 g/mol. The summed E-state index contributed by atoms with van der Waals surface area (Å²) in [6, 6.07) is 0. The third-order valence-corrected chi connectivity index (χ3v) is 0.304. The number of nitrogens with two attached hydrogens (primary N) is 1. The Morgan fingerprint density at radius 1 is 1.75 bits per heavy atom. The molecule has 0 heterocycles. The van der Waals surface area contributed by atoms with E-state index in [4.69, 9.17) is 16.1 Å². The van der Waals surface area contributed by atoms with Crippen molar-refractivity contribution < 1.29 is 20.9 Å². The predicted octanol–water partition coefficient (Wildman–Crippen LogP) is -0.366. The van der Waals surface area contributed by atoms with Gasteiger partial charge in [-0.15, -0.1) is 0 Å². The molecule has 3 N–H and O–H groups in total. The van der Waals surface area contributed by atoms with Gasteiger partial charge < -0.3 is 10.8 Å². The minimum absolute atomic E-state index is 1.79. The largest absolute Gasteiger partial charge is 0.396 e. The van der Waals surface area contributed by atoms with Crippen LogP contribution in [0.25, 0.3) is 0 Å². The molecule has 0 aromatic heterocycles. The van der Waals surface area contributed by atoms with E-state index in [0.717, 1.165) is 0 Å². The second-order valence-corrected chi connectivity index (χ2v) is 0.851. The van der Waals surface area contributed by atoms with Crippen molar-refractivity contribution in [2.45, 2.75) is 19.1 Å². The van der Waals surface area contributed by atoms with E-state index in [0.29, 0.717) is 0 Å². The normalized spacial score (nSPS) is 31.1. The Morgan fingerprint density at radius 3 is 2.75 bits per heavy atom. The average molecular weight is 125 g/mol. The highest BCUT2D eigenvalue weighted by Crippen LogP contribution is 1.90. The van der Waals surface area contributed by atoms with Gasteiger partial charge in [0.15, 0.2) is 0 Å². The lowest BCUT2D eigenvalue weighted by atomic mass is 10.2. The van der Waals surface area contributed by atoms with Crippen molar-refractivity contribution in [3.63, 3.8) is 0 Å². The molecule has 3 nitrogen and oxygen atoms in total. The number of carbonyl (C=O) groups is 1. The molecule has 0 rings (SSSR count). The van der Waals surface area contributed by atoms with E-state index in [2.05, 4.69) is 5.73 Å². The molecule has 3 heteroatoms. The maximum atomic E-state index is 10.7. The van der Waals surface area contributed by atoms with Crippen LogP contribution < -0.4 is 5.73 Å². The summed E-state index contributed by atoms with van der Waals surface area (Å²) in [6.07, 6.45) is -10.8. The Balaban J connectivity index is 5.62. The van der Waals surface area contributed by atoms with Gasteiger partial charge in [0.05, 0.1) is 2.74 Å². The minimum atomic E-state index is -3.67. The van der Waals surface area contributed by atoms with Gasteiger partial charge in [-0.25, -0.2) is 0 Å². The van der Waals surface area contributed by atoms with Gasteiger partial charge in [-0.3, -0.25) is 4.79 Å². The van der Waals surface area contributed by atoms with Crippen LogP contribution in [0, 0.1) is 0 Å². The summed E-state index contributed by atoms with van der Waals surface area (Å²) in [6.45, 7) is -3.67. The van der Waals surface area contributed by atoms with Crippen LogP contribution in [0.2, 0.25) is 0 Å². The van der Waals surface area contributed by atoms with Gasteiger partial charge in [-0.05, 0) is 12.7 Å². The van der Waals surface area contributed by atoms with E-state index in [9.17, 15) is 4.79 Å². The topological polar surface area (TPSA) is 63.3 Å². The smallest absolute Gasteiger partial charge is 0.217 e. The third kappa shape index (κ3) is 5.43. The molecule has 0 saturated carbocycles. The van der Waals surface area contributed by atoms with Crippen LogP contribution in [-0.2, 0) is 4.79 Å². The van der Waals surface area contributed by atoms with E-state index in [1.54, 1.807) is 0 Å². The van der Waals surface area contributed by atoms with E-state index < -0.39 is 31.6 Å². The summed E-state index contributed by atoms with van der Waals surface area (Å²) in [5.41, 5.74) is 4.57. The molecular formula is C5H11NO2.